The summed E-state index contributed by atoms with van der Waals surface area (Å²) in [5, 5.41) is 23.6. The van der Waals surface area contributed by atoms with Crippen LogP contribution in [-0.2, 0) is 16.0 Å². The Morgan fingerprint density at radius 3 is 2.21 bits per heavy atom. The fourth-order valence-electron chi connectivity index (χ4n) is 4.00. The zero-order valence-electron chi connectivity index (χ0n) is 24.0. The lowest BCUT2D eigenvalue weighted by atomic mass is 9.91. The van der Waals surface area contributed by atoms with Crippen molar-refractivity contribution in [1.29, 1.82) is 0 Å². The Kier molecular flexibility index (Phi) is 18.8. The number of phenols is 1. The van der Waals surface area contributed by atoms with Crippen molar-refractivity contribution in [2.45, 2.75) is 71.8 Å². The van der Waals surface area contributed by atoms with Gasteiger partial charge in [-0.1, -0.05) is 56.7 Å². The molecule has 8 nitrogen and oxygen atoms in total. The van der Waals surface area contributed by atoms with Crippen LogP contribution < -0.4 is 15.5 Å². The van der Waals surface area contributed by atoms with E-state index in [1.54, 1.807) is 13.1 Å². The van der Waals surface area contributed by atoms with Crippen molar-refractivity contribution in [3.8, 4) is 5.75 Å². The van der Waals surface area contributed by atoms with Gasteiger partial charge in [0.15, 0.2) is 0 Å². The molecule has 0 heterocycles. The highest BCUT2D eigenvalue weighted by Gasteiger charge is 2.11. The third-order valence-corrected chi connectivity index (χ3v) is 6.52. The Morgan fingerprint density at radius 2 is 1.74 bits per heavy atom. The van der Waals surface area contributed by atoms with Gasteiger partial charge in [-0.15, -0.1) is 0 Å². The Balaban J connectivity index is 0.000000947. The molecule has 4 N–H and O–H groups in total. The molecule has 8 heteroatoms. The smallest absolute Gasteiger partial charge is 0.290 e. The second-order valence-corrected chi connectivity index (χ2v) is 9.49. The van der Waals surface area contributed by atoms with Crippen LogP contribution in [0.4, 0.5) is 11.4 Å². The molecule has 2 aromatic rings. The van der Waals surface area contributed by atoms with Gasteiger partial charge >= 0.3 is 0 Å². The Hall–Kier alpha value is -3.39. The van der Waals surface area contributed by atoms with E-state index in [4.69, 9.17) is 14.7 Å². The van der Waals surface area contributed by atoms with Crippen LogP contribution in [0, 0.1) is 12.8 Å². The number of aliphatic imine (C=N–C) groups is 1. The molecule has 3 rings (SSSR count). The first-order valence-corrected chi connectivity index (χ1v) is 13.2. The summed E-state index contributed by atoms with van der Waals surface area (Å²) < 4.78 is 0. The lowest BCUT2D eigenvalue weighted by Gasteiger charge is -2.23. The number of rotatable bonds is 6. The number of hydrogen-bond donors (Lipinski definition) is 4. The standard InChI is InChI=1S/C21H30N4O.C7H14.CH2O2.CH2O/c1-15-6-11-19(12-7-15)25(5)21(23-4)24-18-10-13-20(26)17(14-18)9-8-16(2)22-3;1-7-5-3-2-4-6-7;2-1-3;1-2/h6-7,10-14,16,22,26H,8-9H2,1-5H3,(H,23,24);7H,2-6H2,1H3;1H,(H,2,3);1H2. The minimum atomic E-state index is -0.250. The number of guanidine groups is 1. The summed E-state index contributed by atoms with van der Waals surface area (Å²) in [5.74, 6) is 2.11. The highest BCUT2D eigenvalue weighted by Crippen LogP contribution is 2.24. The van der Waals surface area contributed by atoms with Gasteiger partial charge in [0.2, 0.25) is 5.96 Å². The fourth-order valence-corrected chi connectivity index (χ4v) is 4.00. The molecule has 0 bridgehead atoms. The Morgan fingerprint density at radius 1 is 1.16 bits per heavy atom. The van der Waals surface area contributed by atoms with Crippen molar-refractivity contribution < 1.29 is 19.8 Å². The number of carboxylic acid groups (broad SMARTS) is 1. The van der Waals surface area contributed by atoms with Crippen molar-refractivity contribution >= 4 is 30.6 Å². The van der Waals surface area contributed by atoms with E-state index in [0.29, 0.717) is 11.8 Å². The first kappa shape index (κ1) is 34.6. The fraction of sp³-hybridized carbons (Fsp3) is 0.500. The van der Waals surface area contributed by atoms with Crippen molar-refractivity contribution in [3.05, 3.63) is 53.6 Å². The lowest BCUT2D eigenvalue weighted by Crippen LogP contribution is -2.33. The predicted octanol–water partition coefficient (Wildman–Crippen LogP) is 5.88. The summed E-state index contributed by atoms with van der Waals surface area (Å²) in [6, 6.07) is 14.3. The van der Waals surface area contributed by atoms with Crippen molar-refractivity contribution in [1.82, 2.24) is 5.32 Å². The molecule has 0 amide bonds. The molecule has 2 aromatic carbocycles. The lowest BCUT2D eigenvalue weighted by molar-refractivity contribution is -0.122. The molecule has 0 spiro atoms. The van der Waals surface area contributed by atoms with Crippen LogP contribution in [0.5, 0.6) is 5.75 Å². The van der Waals surface area contributed by atoms with Crippen LogP contribution >= 0.6 is 0 Å². The minimum Gasteiger partial charge on any atom is -0.508 e. The van der Waals surface area contributed by atoms with Gasteiger partial charge in [-0.3, -0.25) is 9.79 Å². The predicted molar refractivity (Wildman–Crippen MR) is 160 cm³/mol. The van der Waals surface area contributed by atoms with Gasteiger partial charge < -0.3 is 30.5 Å². The highest BCUT2D eigenvalue weighted by molar-refractivity contribution is 6.05. The van der Waals surface area contributed by atoms with Gasteiger partial charge in [0, 0.05) is 31.5 Å². The number of phenolic OH excluding ortho intramolecular Hbond substituents is 1. The molecule has 1 unspecified atom stereocenters. The van der Waals surface area contributed by atoms with Crippen LogP contribution in [-0.4, -0.2) is 56.6 Å². The van der Waals surface area contributed by atoms with Gasteiger partial charge in [-0.25, -0.2) is 0 Å². The van der Waals surface area contributed by atoms with Gasteiger partial charge in [-0.2, -0.15) is 0 Å². The zero-order chi connectivity index (χ0) is 28.9. The summed E-state index contributed by atoms with van der Waals surface area (Å²) in [7, 11) is 5.70. The molecule has 212 valence electrons. The summed E-state index contributed by atoms with van der Waals surface area (Å²) >= 11 is 0. The summed E-state index contributed by atoms with van der Waals surface area (Å²) in [6.45, 7) is 8.32. The Bertz CT molecular complexity index is 928. The quantitative estimate of drug-likeness (QED) is 0.160. The number of anilines is 2. The zero-order valence-corrected chi connectivity index (χ0v) is 24.0. The van der Waals surface area contributed by atoms with Crippen molar-refractivity contribution in [2.75, 3.05) is 31.4 Å². The van der Waals surface area contributed by atoms with Gasteiger partial charge in [0.1, 0.15) is 12.5 Å². The van der Waals surface area contributed by atoms with E-state index in [9.17, 15) is 5.11 Å². The average Bonchev–Trinajstić information content (AvgIpc) is 2.94. The van der Waals surface area contributed by atoms with Crippen LogP contribution in [0.15, 0.2) is 47.5 Å². The number of hydrogen-bond acceptors (Lipinski definition) is 5. The third kappa shape index (κ3) is 13.8. The van der Waals surface area contributed by atoms with Gasteiger partial charge in [-0.05, 0) is 75.5 Å². The largest absolute Gasteiger partial charge is 0.508 e. The number of aryl methyl sites for hydroxylation is 2. The second kappa shape index (κ2) is 20.6. The maximum atomic E-state index is 10.1. The first-order valence-electron chi connectivity index (χ1n) is 13.2. The van der Waals surface area contributed by atoms with E-state index in [1.807, 2.05) is 37.9 Å². The molecular formula is C30H48N4O4. The number of carbonyl (C=O) groups excluding carboxylic acids is 1. The van der Waals surface area contributed by atoms with Crippen LogP contribution in [0.2, 0.25) is 0 Å². The molecule has 0 aromatic heterocycles. The SMILES string of the molecule is C=O.CC1CCCCC1.CN=C(Nc1ccc(O)c(CCC(C)NC)c1)N(C)c1ccc(C)cc1.O=CO. The average molecular weight is 529 g/mol. The molecule has 0 radical (unpaired) electrons. The third-order valence-electron chi connectivity index (χ3n) is 6.52. The molecule has 1 fully saturated rings. The first-order chi connectivity index (χ1) is 18.2. The molecule has 1 aliphatic carbocycles. The maximum absolute atomic E-state index is 10.1. The number of benzene rings is 2. The van der Waals surface area contributed by atoms with Gasteiger partial charge in [0.05, 0.1) is 0 Å². The monoisotopic (exact) mass is 528 g/mol. The van der Waals surface area contributed by atoms with Crippen molar-refractivity contribution in [2.24, 2.45) is 10.9 Å². The maximum Gasteiger partial charge on any atom is 0.290 e. The van der Waals surface area contributed by atoms with E-state index < -0.39 is 0 Å². The molecular weight excluding hydrogens is 480 g/mol. The van der Waals surface area contributed by atoms with Gasteiger partial charge in [0.25, 0.3) is 6.47 Å². The van der Waals surface area contributed by atoms with Crippen LogP contribution in [0.1, 0.15) is 63.5 Å². The summed E-state index contributed by atoms with van der Waals surface area (Å²) in [5.41, 5.74) is 4.13. The van der Waals surface area contributed by atoms with E-state index in [1.165, 1.54) is 37.7 Å². The molecule has 1 atom stereocenters. The molecule has 0 aliphatic heterocycles. The summed E-state index contributed by atoms with van der Waals surface area (Å²) in [6.07, 6.45) is 9.22. The van der Waals surface area contributed by atoms with E-state index in [0.717, 1.165) is 41.7 Å². The second-order valence-electron chi connectivity index (χ2n) is 9.49. The normalized spacial score (nSPS) is 13.8. The molecule has 1 saturated carbocycles. The number of aromatic hydroxyl groups is 1. The topological polar surface area (TPSA) is 114 Å². The number of nitrogens with zero attached hydrogens (tertiary/aromatic N) is 2. The van der Waals surface area contributed by atoms with E-state index >= 15 is 0 Å². The van der Waals surface area contributed by atoms with Crippen LogP contribution in [0.3, 0.4) is 0 Å². The van der Waals surface area contributed by atoms with Crippen LogP contribution in [0.25, 0.3) is 0 Å². The number of nitrogens with one attached hydrogen (secondary N) is 2. The Labute approximate surface area is 229 Å². The van der Waals surface area contributed by atoms with E-state index in [-0.39, 0.29) is 6.47 Å². The van der Waals surface area contributed by atoms with E-state index in [2.05, 4.69) is 60.7 Å². The molecule has 1 aliphatic rings. The minimum absolute atomic E-state index is 0.250. The molecule has 38 heavy (non-hydrogen) atoms. The van der Waals surface area contributed by atoms with Crippen molar-refractivity contribution in [3.63, 3.8) is 0 Å². The highest BCUT2D eigenvalue weighted by atomic mass is 16.3. The number of carbonyl (C=O) groups is 2. The molecule has 0 saturated heterocycles. The summed E-state index contributed by atoms with van der Waals surface area (Å²) in [4.78, 5) is 22.8.